The van der Waals surface area contributed by atoms with Crippen LogP contribution in [0.3, 0.4) is 0 Å². The Labute approximate surface area is 142 Å². The highest BCUT2D eigenvalue weighted by molar-refractivity contribution is 5.50. The lowest BCUT2D eigenvalue weighted by Gasteiger charge is -2.22. The van der Waals surface area contributed by atoms with Crippen molar-refractivity contribution in [3.63, 3.8) is 0 Å². The second kappa shape index (κ2) is 6.93. The maximum atomic E-state index is 13.2. The first-order chi connectivity index (χ1) is 11.9. The molecule has 0 fully saturated rings. The molecule has 0 aliphatic carbocycles. The third-order valence-electron chi connectivity index (χ3n) is 3.73. The van der Waals surface area contributed by atoms with Crippen molar-refractivity contribution in [2.45, 2.75) is 12.2 Å². The van der Waals surface area contributed by atoms with Crippen molar-refractivity contribution in [3.05, 3.63) is 95.4 Å². The lowest BCUT2D eigenvalue weighted by Crippen LogP contribution is -2.17. The summed E-state index contributed by atoms with van der Waals surface area (Å²) in [6.07, 6.45) is -3.23. The van der Waals surface area contributed by atoms with Crippen molar-refractivity contribution in [2.75, 3.05) is 5.32 Å². The number of aromatic nitrogens is 1. The molecular formula is C19H14F4N2. The molecule has 6 heteroatoms. The number of halogens is 4. The van der Waals surface area contributed by atoms with E-state index in [1.807, 2.05) is 6.07 Å². The van der Waals surface area contributed by atoms with Crippen molar-refractivity contribution in [1.82, 2.24) is 4.98 Å². The number of anilines is 1. The normalized spacial score (nSPS) is 12.6. The molecule has 3 aromatic rings. The number of nitrogens with one attached hydrogen (secondary N) is 1. The van der Waals surface area contributed by atoms with Crippen LogP contribution in [0.25, 0.3) is 0 Å². The first kappa shape index (κ1) is 17.0. The number of hydrogen-bond donors (Lipinski definition) is 1. The van der Waals surface area contributed by atoms with Crippen molar-refractivity contribution in [2.24, 2.45) is 0 Å². The highest BCUT2D eigenvalue weighted by atomic mass is 19.4. The van der Waals surface area contributed by atoms with Gasteiger partial charge in [-0.1, -0.05) is 42.5 Å². The molecule has 1 heterocycles. The van der Waals surface area contributed by atoms with E-state index in [1.165, 1.54) is 36.5 Å². The average molecular weight is 346 g/mol. The fourth-order valence-corrected chi connectivity index (χ4v) is 2.55. The fraction of sp³-hybridized carbons (Fsp3) is 0.105. The molecule has 1 N–H and O–H groups in total. The average Bonchev–Trinajstić information content (AvgIpc) is 2.61. The Bertz CT molecular complexity index is 830. The van der Waals surface area contributed by atoms with Crippen LogP contribution in [0.2, 0.25) is 0 Å². The van der Waals surface area contributed by atoms with Crippen LogP contribution in [-0.4, -0.2) is 4.98 Å². The van der Waals surface area contributed by atoms with Gasteiger partial charge in [0.25, 0.3) is 0 Å². The highest BCUT2D eigenvalue weighted by Crippen LogP contribution is 2.36. The van der Waals surface area contributed by atoms with Crippen LogP contribution in [0.1, 0.15) is 22.7 Å². The highest BCUT2D eigenvalue weighted by Gasteiger charge is 2.34. The molecule has 0 spiro atoms. The standard InChI is InChI=1S/C19H14F4N2/c20-15-10-8-14(9-11-15)17(13-5-2-1-3-6-13)25-18-16(19(21,22)23)7-4-12-24-18/h1-12,17H,(H,24,25). The van der Waals surface area contributed by atoms with Crippen LogP contribution in [0, 0.1) is 5.82 Å². The number of nitrogens with zero attached hydrogens (tertiary/aromatic N) is 1. The van der Waals surface area contributed by atoms with Crippen molar-refractivity contribution < 1.29 is 17.6 Å². The van der Waals surface area contributed by atoms with E-state index in [0.717, 1.165) is 11.6 Å². The van der Waals surface area contributed by atoms with Crippen LogP contribution in [0.15, 0.2) is 72.9 Å². The minimum atomic E-state index is -4.53. The van der Waals surface area contributed by atoms with Gasteiger partial charge >= 0.3 is 6.18 Å². The summed E-state index contributed by atoms with van der Waals surface area (Å²) in [6, 6.07) is 16.2. The fourth-order valence-electron chi connectivity index (χ4n) is 2.55. The lowest BCUT2D eigenvalue weighted by molar-refractivity contribution is -0.137. The van der Waals surface area contributed by atoms with E-state index in [0.29, 0.717) is 5.56 Å². The molecule has 0 aliphatic rings. The van der Waals surface area contributed by atoms with Gasteiger partial charge in [-0.3, -0.25) is 0 Å². The molecule has 0 bridgehead atoms. The Morgan fingerprint density at radius 2 is 1.44 bits per heavy atom. The quantitative estimate of drug-likeness (QED) is 0.636. The molecule has 0 saturated carbocycles. The molecule has 128 valence electrons. The summed E-state index contributed by atoms with van der Waals surface area (Å²) in [4.78, 5) is 3.85. The van der Waals surface area contributed by atoms with Gasteiger partial charge in [0.2, 0.25) is 0 Å². The molecule has 0 saturated heterocycles. The lowest BCUT2D eigenvalue weighted by atomic mass is 9.98. The van der Waals surface area contributed by atoms with Gasteiger partial charge < -0.3 is 5.32 Å². The van der Waals surface area contributed by atoms with E-state index >= 15 is 0 Å². The topological polar surface area (TPSA) is 24.9 Å². The van der Waals surface area contributed by atoms with Gasteiger partial charge in [0, 0.05) is 6.20 Å². The molecule has 3 rings (SSSR count). The van der Waals surface area contributed by atoms with E-state index in [-0.39, 0.29) is 5.82 Å². The van der Waals surface area contributed by atoms with E-state index in [2.05, 4.69) is 10.3 Å². The SMILES string of the molecule is Fc1ccc(C(Nc2ncccc2C(F)(F)F)c2ccccc2)cc1. The number of benzene rings is 2. The summed E-state index contributed by atoms with van der Waals surface area (Å²) in [6.45, 7) is 0. The van der Waals surface area contributed by atoms with Gasteiger partial charge in [-0.25, -0.2) is 9.37 Å². The summed E-state index contributed by atoms with van der Waals surface area (Å²) >= 11 is 0. The predicted molar refractivity (Wildman–Crippen MR) is 87.5 cm³/mol. The zero-order valence-corrected chi connectivity index (χ0v) is 13.0. The molecular weight excluding hydrogens is 332 g/mol. The van der Waals surface area contributed by atoms with E-state index in [1.54, 1.807) is 24.3 Å². The number of pyridine rings is 1. The minimum absolute atomic E-state index is 0.270. The van der Waals surface area contributed by atoms with Crippen LogP contribution < -0.4 is 5.32 Å². The van der Waals surface area contributed by atoms with Gasteiger partial charge in [0.05, 0.1) is 11.6 Å². The summed E-state index contributed by atoms with van der Waals surface area (Å²) in [5.74, 6) is -0.683. The summed E-state index contributed by atoms with van der Waals surface area (Å²) in [5, 5.41) is 2.85. The van der Waals surface area contributed by atoms with Gasteiger partial charge in [-0.05, 0) is 35.4 Å². The zero-order chi connectivity index (χ0) is 17.9. The zero-order valence-electron chi connectivity index (χ0n) is 13.0. The minimum Gasteiger partial charge on any atom is -0.359 e. The van der Waals surface area contributed by atoms with Gasteiger partial charge in [0.15, 0.2) is 0 Å². The third kappa shape index (κ3) is 3.96. The second-order valence-electron chi connectivity index (χ2n) is 5.44. The molecule has 25 heavy (non-hydrogen) atoms. The summed E-state index contributed by atoms with van der Waals surface area (Å²) in [7, 11) is 0. The Morgan fingerprint density at radius 1 is 0.800 bits per heavy atom. The second-order valence-corrected chi connectivity index (χ2v) is 5.44. The first-order valence-electron chi connectivity index (χ1n) is 7.54. The van der Waals surface area contributed by atoms with E-state index in [4.69, 9.17) is 0 Å². The summed E-state index contributed by atoms with van der Waals surface area (Å²) in [5.41, 5.74) is 0.525. The Morgan fingerprint density at radius 3 is 2.08 bits per heavy atom. The number of alkyl halides is 3. The Balaban J connectivity index is 2.04. The molecule has 0 aliphatic heterocycles. The van der Waals surface area contributed by atoms with Crippen LogP contribution in [0.5, 0.6) is 0 Å². The summed E-state index contributed by atoms with van der Waals surface area (Å²) < 4.78 is 52.9. The maximum absolute atomic E-state index is 13.2. The smallest absolute Gasteiger partial charge is 0.359 e. The van der Waals surface area contributed by atoms with Gasteiger partial charge in [-0.2, -0.15) is 13.2 Å². The Kier molecular flexibility index (Phi) is 4.70. The van der Waals surface area contributed by atoms with Crippen LogP contribution in [0.4, 0.5) is 23.4 Å². The number of rotatable bonds is 4. The molecule has 1 aromatic heterocycles. The molecule has 1 unspecified atom stereocenters. The first-order valence-corrected chi connectivity index (χ1v) is 7.54. The molecule has 2 nitrogen and oxygen atoms in total. The maximum Gasteiger partial charge on any atom is 0.419 e. The number of hydrogen-bond acceptors (Lipinski definition) is 2. The molecule has 0 radical (unpaired) electrons. The van der Waals surface area contributed by atoms with Crippen molar-refractivity contribution in [3.8, 4) is 0 Å². The molecule has 2 aromatic carbocycles. The van der Waals surface area contributed by atoms with Crippen LogP contribution >= 0.6 is 0 Å². The third-order valence-corrected chi connectivity index (χ3v) is 3.73. The van der Waals surface area contributed by atoms with E-state index < -0.39 is 23.6 Å². The van der Waals surface area contributed by atoms with Crippen molar-refractivity contribution in [1.29, 1.82) is 0 Å². The van der Waals surface area contributed by atoms with E-state index in [9.17, 15) is 17.6 Å². The largest absolute Gasteiger partial charge is 0.419 e. The molecule has 0 amide bonds. The predicted octanol–water partition coefficient (Wildman–Crippen LogP) is 5.44. The van der Waals surface area contributed by atoms with Gasteiger partial charge in [-0.15, -0.1) is 0 Å². The molecule has 1 atom stereocenters. The monoisotopic (exact) mass is 346 g/mol. The Hall–Kier alpha value is -2.89. The van der Waals surface area contributed by atoms with Crippen LogP contribution in [-0.2, 0) is 6.18 Å². The van der Waals surface area contributed by atoms with Crippen molar-refractivity contribution >= 4 is 5.82 Å². The van der Waals surface area contributed by atoms with Gasteiger partial charge in [0.1, 0.15) is 11.6 Å².